The molecule has 1 atom stereocenters. The minimum atomic E-state index is -0.749. The maximum Gasteiger partial charge on any atom is 0.347 e. The number of carbonyl (C=O) groups is 2. The lowest BCUT2D eigenvalue weighted by Gasteiger charge is -2.15. The summed E-state index contributed by atoms with van der Waals surface area (Å²) in [6.07, 6.45) is 3.55. The summed E-state index contributed by atoms with van der Waals surface area (Å²) >= 11 is 0. The van der Waals surface area contributed by atoms with Gasteiger partial charge in [0.2, 0.25) is 0 Å². The van der Waals surface area contributed by atoms with Gasteiger partial charge >= 0.3 is 5.97 Å². The zero-order valence-electron chi connectivity index (χ0n) is 13.1. The Morgan fingerprint density at radius 3 is 2.73 bits per heavy atom. The van der Waals surface area contributed by atoms with E-state index in [1.165, 1.54) is 0 Å². The average molecular weight is 305 g/mol. The highest BCUT2D eigenvalue weighted by molar-refractivity contribution is 5.82. The third-order valence-corrected chi connectivity index (χ3v) is 3.70. The lowest BCUT2D eigenvalue weighted by Crippen LogP contribution is -2.37. The van der Waals surface area contributed by atoms with Crippen LogP contribution in [0.5, 0.6) is 5.75 Å². The van der Waals surface area contributed by atoms with E-state index in [0.29, 0.717) is 5.75 Å². The van der Waals surface area contributed by atoms with Crippen LogP contribution in [0.3, 0.4) is 0 Å². The largest absolute Gasteiger partial charge is 0.479 e. The number of esters is 1. The summed E-state index contributed by atoms with van der Waals surface area (Å²) in [5, 5.41) is 2.87. The number of rotatable bonds is 6. The van der Waals surface area contributed by atoms with Crippen LogP contribution in [0.1, 0.15) is 38.2 Å². The van der Waals surface area contributed by atoms with Crippen molar-refractivity contribution in [2.75, 3.05) is 6.61 Å². The molecule has 1 aliphatic carbocycles. The van der Waals surface area contributed by atoms with Crippen LogP contribution in [0.2, 0.25) is 0 Å². The van der Waals surface area contributed by atoms with Crippen LogP contribution in [0.25, 0.3) is 0 Å². The third kappa shape index (κ3) is 5.06. The van der Waals surface area contributed by atoms with Crippen molar-refractivity contribution >= 4 is 11.9 Å². The molecule has 2 rings (SSSR count). The first-order valence-electron chi connectivity index (χ1n) is 7.74. The fourth-order valence-corrected chi connectivity index (χ4v) is 2.53. The van der Waals surface area contributed by atoms with E-state index in [4.69, 9.17) is 9.47 Å². The molecule has 5 nitrogen and oxygen atoms in total. The van der Waals surface area contributed by atoms with Gasteiger partial charge in [-0.25, -0.2) is 4.79 Å². The molecule has 1 aromatic carbocycles. The average Bonchev–Trinajstić information content (AvgIpc) is 2.97. The highest BCUT2D eigenvalue weighted by Gasteiger charge is 2.20. The molecule has 0 bridgehead atoms. The summed E-state index contributed by atoms with van der Waals surface area (Å²) < 4.78 is 10.5. The van der Waals surface area contributed by atoms with Gasteiger partial charge in [-0.15, -0.1) is 0 Å². The molecule has 0 spiro atoms. The molecule has 0 heterocycles. The smallest absolute Gasteiger partial charge is 0.347 e. The quantitative estimate of drug-likeness (QED) is 0.820. The van der Waals surface area contributed by atoms with Crippen LogP contribution in [0.15, 0.2) is 24.3 Å². The second kappa shape index (κ2) is 7.82. The number of hydrogen-bond donors (Lipinski definition) is 1. The van der Waals surface area contributed by atoms with Gasteiger partial charge in [-0.3, -0.25) is 4.79 Å². The van der Waals surface area contributed by atoms with Gasteiger partial charge in [-0.05, 0) is 44.4 Å². The van der Waals surface area contributed by atoms with Crippen molar-refractivity contribution in [2.24, 2.45) is 0 Å². The van der Waals surface area contributed by atoms with Gasteiger partial charge in [-0.2, -0.15) is 0 Å². The molecule has 1 aromatic rings. The molecule has 1 aliphatic rings. The number of hydrogen-bond acceptors (Lipinski definition) is 4. The van der Waals surface area contributed by atoms with Crippen LogP contribution < -0.4 is 10.1 Å². The normalized spacial score (nSPS) is 16.1. The monoisotopic (exact) mass is 305 g/mol. The van der Waals surface area contributed by atoms with E-state index in [0.717, 1.165) is 31.2 Å². The van der Waals surface area contributed by atoms with Crippen molar-refractivity contribution in [1.29, 1.82) is 0 Å². The predicted molar refractivity (Wildman–Crippen MR) is 82.6 cm³/mol. The lowest BCUT2D eigenvalue weighted by atomic mass is 10.2. The highest BCUT2D eigenvalue weighted by Crippen LogP contribution is 2.17. The molecule has 1 amide bonds. The Morgan fingerprint density at radius 2 is 2.05 bits per heavy atom. The molecular formula is C17H23NO4. The van der Waals surface area contributed by atoms with Crippen LogP contribution in [-0.2, 0) is 14.3 Å². The van der Waals surface area contributed by atoms with E-state index in [1.807, 2.05) is 25.1 Å². The summed E-state index contributed by atoms with van der Waals surface area (Å²) in [6, 6.07) is 7.66. The van der Waals surface area contributed by atoms with Crippen molar-refractivity contribution in [3.8, 4) is 5.75 Å². The number of aryl methyl sites for hydroxylation is 1. The summed E-state index contributed by atoms with van der Waals surface area (Å²) in [5.41, 5.74) is 1.05. The van der Waals surface area contributed by atoms with E-state index in [-0.39, 0.29) is 18.6 Å². The summed E-state index contributed by atoms with van der Waals surface area (Å²) in [6.45, 7) is 3.31. The molecule has 120 valence electrons. The third-order valence-electron chi connectivity index (χ3n) is 3.70. The van der Waals surface area contributed by atoms with Crippen LogP contribution in [-0.4, -0.2) is 30.6 Å². The Balaban J connectivity index is 1.72. The Labute approximate surface area is 131 Å². The van der Waals surface area contributed by atoms with Crippen molar-refractivity contribution in [3.05, 3.63) is 29.8 Å². The number of carbonyl (C=O) groups excluding carboxylic acids is 2. The van der Waals surface area contributed by atoms with Crippen molar-refractivity contribution < 1.29 is 19.1 Å². The molecule has 0 aromatic heterocycles. The number of benzene rings is 1. The Kier molecular flexibility index (Phi) is 5.81. The Hall–Kier alpha value is -2.04. The molecule has 0 unspecified atom stereocenters. The number of ether oxygens (including phenoxy) is 2. The second-order valence-electron chi connectivity index (χ2n) is 5.73. The molecule has 0 aliphatic heterocycles. The number of nitrogens with one attached hydrogen (secondary N) is 1. The van der Waals surface area contributed by atoms with E-state index in [9.17, 15) is 9.59 Å². The standard InChI is InChI=1S/C17H23NO4/c1-12-6-5-9-15(10-12)22-13(2)17(20)21-11-16(19)18-14-7-3-4-8-14/h5-6,9-10,13-14H,3-4,7-8,11H2,1-2H3,(H,18,19)/t13-/m1/s1. The molecule has 0 saturated heterocycles. The summed E-state index contributed by atoms with van der Waals surface area (Å²) in [4.78, 5) is 23.5. The van der Waals surface area contributed by atoms with E-state index in [1.54, 1.807) is 13.0 Å². The molecule has 22 heavy (non-hydrogen) atoms. The van der Waals surface area contributed by atoms with Crippen molar-refractivity contribution in [2.45, 2.75) is 51.7 Å². The van der Waals surface area contributed by atoms with E-state index < -0.39 is 12.1 Å². The zero-order chi connectivity index (χ0) is 15.9. The first-order chi connectivity index (χ1) is 10.5. The SMILES string of the molecule is Cc1cccc(O[C@H](C)C(=O)OCC(=O)NC2CCCC2)c1. The Morgan fingerprint density at radius 1 is 1.32 bits per heavy atom. The molecular weight excluding hydrogens is 282 g/mol. The van der Waals surface area contributed by atoms with Crippen LogP contribution >= 0.6 is 0 Å². The number of amides is 1. The maximum absolute atomic E-state index is 11.8. The minimum absolute atomic E-state index is 0.229. The second-order valence-corrected chi connectivity index (χ2v) is 5.73. The lowest BCUT2D eigenvalue weighted by molar-refractivity contribution is -0.154. The molecule has 1 fully saturated rings. The fourth-order valence-electron chi connectivity index (χ4n) is 2.53. The molecule has 0 radical (unpaired) electrons. The van der Waals surface area contributed by atoms with Crippen LogP contribution in [0, 0.1) is 6.92 Å². The van der Waals surface area contributed by atoms with Crippen molar-refractivity contribution in [1.82, 2.24) is 5.32 Å². The Bertz CT molecular complexity index is 523. The van der Waals surface area contributed by atoms with E-state index in [2.05, 4.69) is 5.32 Å². The highest BCUT2D eigenvalue weighted by atomic mass is 16.6. The van der Waals surface area contributed by atoms with Gasteiger partial charge in [0.15, 0.2) is 12.7 Å². The molecule has 1 N–H and O–H groups in total. The van der Waals surface area contributed by atoms with Crippen LogP contribution in [0.4, 0.5) is 0 Å². The predicted octanol–water partition coefficient (Wildman–Crippen LogP) is 2.36. The van der Waals surface area contributed by atoms with Gasteiger partial charge in [0.1, 0.15) is 5.75 Å². The van der Waals surface area contributed by atoms with Gasteiger partial charge in [-0.1, -0.05) is 25.0 Å². The maximum atomic E-state index is 11.8. The zero-order valence-corrected chi connectivity index (χ0v) is 13.1. The summed E-state index contributed by atoms with van der Waals surface area (Å²) in [5.74, 6) is -0.175. The fraction of sp³-hybridized carbons (Fsp3) is 0.529. The first kappa shape index (κ1) is 16.3. The molecule has 1 saturated carbocycles. The summed E-state index contributed by atoms with van der Waals surface area (Å²) in [7, 11) is 0. The topological polar surface area (TPSA) is 64.6 Å². The van der Waals surface area contributed by atoms with E-state index >= 15 is 0 Å². The van der Waals surface area contributed by atoms with Gasteiger partial charge < -0.3 is 14.8 Å². The first-order valence-corrected chi connectivity index (χ1v) is 7.74. The van der Waals surface area contributed by atoms with Crippen molar-refractivity contribution in [3.63, 3.8) is 0 Å². The molecule has 5 heteroatoms. The van der Waals surface area contributed by atoms with Gasteiger partial charge in [0.05, 0.1) is 0 Å². The van der Waals surface area contributed by atoms with Gasteiger partial charge in [0, 0.05) is 6.04 Å². The minimum Gasteiger partial charge on any atom is -0.479 e. The van der Waals surface area contributed by atoms with Gasteiger partial charge in [0.25, 0.3) is 5.91 Å².